The quantitative estimate of drug-likeness (QED) is 0.778. The van der Waals surface area contributed by atoms with Crippen molar-refractivity contribution >= 4 is 0 Å². The van der Waals surface area contributed by atoms with E-state index in [2.05, 4.69) is 57.0 Å². The standard InChI is InChI=1S/C15H23NO/c1-15(2,3)12-6-5-7-13(10-12)17-14-8-9-16(4)11-14/h5-7,10,14H,8-9,11H2,1-4H3. The van der Waals surface area contributed by atoms with E-state index < -0.39 is 0 Å². The van der Waals surface area contributed by atoms with E-state index in [-0.39, 0.29) is 5.41 Å². The van der Waals surface area contributed by atoms with E-state index in [0.717, 1.165) is 25.3 Å². The predicted molar refractivity (Wildman–Crippen MR) is 71.7 cm³/mol. The number of likely N-dealkylation sites (N-methyl/N-ethyl adjacent to an activating group) is 1. The van der Waals surface area contributed by atoms with E-state index in [9.17, 15) is 0 Å². The van der Waals surface area contributed by atoms with Gasteiger partial charge in [0.15, 0.2) is 0 Å². The Balaban J connectivity index is 2.06. The SMILES string of the molecule is CN1CCC(Oc2cccc(C(C)(C)C)c2)C1. The number of ether oxygens (including phenoxy) is 1. The molecule has 94 valence electrons. The molecular formula is C15H23NO. The fraction of sp³-hybridized carbons (Fsp3) is 0.600. The van der Waals surface area contributed by atoms with Crippen molar-refractivity contribution in [1.29, 1.82) is 0 Å². The second-order valence-corrected chi connectivity index (χ2v) is 6.07. The van der Waals surface area contributed by atoms with Crippen LogP contribution in [-0.2, 0) is 5.41 Å². The predicted octanol–water partition coefficient (Wildman–Crippen LogP) is 3.07. The molecule has 0 bridgehead atoms. The second kappa shape index (κ2) is 4.69. The smallest absolute Gasteiger partial charge is 0.120 e. The van der Waals surface area contributed by atoms with Crippen LogP contribution in [0.25, 0.3) is 0 Å². The maximum Gasteiger partial charge on any atom is 0.120 e. The molecule has 0 amide bonds. The minimum absolute atomic E-state index is 0.186. The van der Waals surface area contributed by atoms with E-state index in [0.29, 0.717) is 6.10 Å². The van der Waals surface area contributed by atoms with Crippen molar-refractivity contribution in [3.63, 3.8) is 0 Å². The van der Waals surface area contributed by atoms with E-state index in [4.69, 9.17) is 4.74 Å². The van der Waals surface area contributed by atoms with Gasteiger partial charge in [0.05, 0.1) is 0 Å². The van der Waals surface area contributed by atoms with E-state index >= 15 is 0 Å². The molecule has 0 saturated carbocycles. The van der Waals surface area contributed by atoms with Crippen LogP contribution in [0.4, 0.5) is 0 Å². The fourth-order valence-electron chi connectivity index (χ4n) is 2.22. The first-order chi connectivity index (χ1) is 7.95. The summed E-state index contributed by atoms with van der Waals surface area (Å²) in [6.07, 6.45) is 1.49. The summed E-state index contributed by atoms with van der Waals surface area (Å²) in [6.45, 7) is 8.88. The molecule has 17 heavy (non-hydrogen) atoms. The molecule has 1 aromatic carbocycles. The van der Waals surface area contributed by atoms with Crippen LogP contribution in [0.5, 0.6) is 5.75 Å². The van der Waals surface area contributed by atoms with Gasteiger partial charge in [-0.25, -0.2) is 0 Å². The van der Waals surface area contributed by atoms with Crippen molar-refractivity contribution in [2.45, 2.75) is 38.7 Å². The molecule has 0 spiro atoms. The van der Waals surface area contributed by atoms with Gasteiger partial charge in [-0.3, -0.25) is 0 Å². The van der Waals surface area contributed by atoms with Crippen LogP contribution in [0.1, 0.15) is 32.8 Å². The molecule has 1 saturated heterocycles. The number of nitrogens with zero attached hydrogens (tertiary/aromatic N) is 1. The largest absolute Gasteiger partial charge is 0.489 e. The first kappa shape index (κ1) is 12.4. The molecule has 0 aliphatic carbocycles. The first-order valence-corrected chi connectivity index (χ1v) is 6.41. The van der Waals surface area contributed by atoms with Gasteiger partial charge in [-0.15, -0.1) is 0 Å². The fourth-order valence-corrected chi connectivity index (χ4v) is 2.22. The second-order valence-electron chi connectivity index (χ2n) is 6.07. The highest BCUT2D eigenvalue weighted by atomic mass is 16.5. The summed E-state index contributed by atoms with van der Waals surface area (Å²) >= 11 is 0. The summed E-state index contributed by atoms with van der Waals surface area (Å²) < 4.78 is 6.04. The van der Waals surface area contributed by atoms with E-state index in [1.807, 2.05) is 0 Å². The molecule has 1 aliphatic heterocycles. The highest BCUT2D eigenvalue weighted by molar-refractivity contribution is 5.32. The Hall–Kier alpha value is -1.02. The van der Waals surface area contributed by atoms with Gasteiger partial charge in [0.25, 0.3) is 0 Å². The van der Waals surface area contributed by atoms with Crippen molar-refractivity contribution < 1.29 is 4.74 Å². The lowest BCUT2D eigenvalue weighted by molar-refractivity contribution is 0.208. The highest BCUT2D eigenvalue weighted by Gasteiger charge is 2.21. The average molecular weight is 233 g/mol. The maximum absolute atomic E-state index is 6.04. The van der Waals surface area contributed by atoms with Crippen LogP contribution in [0.2, 0.25) is 0 Å². The average Bonchev–Trinajstić information content (AvgIpc) is 2.63. The van der Waals surface area contributed by atoms with Gasteiger partial charge in [-0.2, -0.15) is 0 Å². The van der Waals surface area contributed by atoms with Gasteiger partial charge in [0.2, 0.25) is 0 Å². The third-order valence-corrected chi connectivity index (χ3v) is 3.35. The number of hydrogen-bond donors (Lipinski definition) is 0. The van der Waals surface area contributed by atoms with Gasteiger partial charge in [-0.1, -0.05) is 32.9 Å². The highest BCUT2D eigenvalue weighted by Crippen LogP contribution is 2.26. The summed E-state index contributed by atoms with van der Waals surface area (Å²) in [5.74, 6) is 1.01. The van der Waals surface area contributed by atoms with E-state index in [1.165, 1.54) is 5.56 Å². The van der Waals surface area contributed by atoms with Crippen LogP contribution in [-0.4, -0.2) is 31.1 Å². The zero-order valence-corrected chi connectivity index (χ0v) is 11.4. The molecule has 1 atom stereocenters. The normalized spacial score (nSPS) is 21.8. The van der Waals surface area contributed by atoms with Crippen molar-refractivity contribution in [2.75, 3.05) is 20.1 Å². The minimum atomic E-state index is 0.186. The summed E-state index contributed by atoms with van der Waals surface area (Å²) in [4.78, 5) is 2.32. The van der Waals surface area contributed by atoms with Crippen molar-refractivity contribution in [1.82, 2.24) is 4.90 Å². The zero-order valence-electron chi connectivity index (χ0n) is 11.4. The number of benzene rings is 1. The van der Waals surface area contributed by atoms with Gasteiger partial charge in [0, 0.05) is 13.1 Å². The molecule has 1 heterocycles. The van der Waals surface area contributed by atoms with Crippen molar-refractivity contribution in [2.24, 2.45) is 0 Å². The van der Waals surface area contributed by atoms with Crippen LogP contribution >= 0.6 is 0 Å². The molecule has 0 N–H and O–H groups in total. The van der Waals surface area contributed by atoms with Crippen molar-refractivity contribution in [3.8, 4) is 5.75 Å². The van der Waals surface area contributed by atoms with Crippen LogP contribution in [0.15, 0.2) is 24.3 Å². The molecule has 1 unspecified atom stereocenters. The summed E-state index contributed by atoms with van der Waals surface area (Å²) in [6, 6.07) is 8.51. The topological polar surface area (TPSA) is 12.5 Å². The molecule has 1 aliphatic rings. The van der Waals surface area contributed by atoms with Crippen LogP contribution in [0.3, 0.4) is 0 Å². The van der Waals surface area contributed by atoms with Crippen molar-refractivity contribution in [3.05, 3.63) is 29.8 Å². The first-order valence-electron chi connectivity index (χ1n) is 6.41. The van der Waals surface area contributed by atoms with Gasteiger partial charge in [-0.05, 0) is 36.6 Å². The molecule has 2 rings (SSSR count). The molecular weight excluding hydrogens is 210 g/mol. The third-order valence-electron chi connectivity index (χ3n) is 3.35. The minimum Gasteiger partial charge on any atom is -0.489 e. The molecule has 1 aromatic rings. The van der Waals surface area contributed by atoms with E-state index in [1.54, 1.807) is 0 Å². The Labute approximate surface area is 105 Å². The lowest BCUT2D eigenvalue weighted by Crippen LogP contribution is -2.21. The Kier molecular flexibility index (Phi) is 3.43. The Morgan fingerprint density at radius 3 is 2.65 bits per heavy atom. The Morgan fingerprint density at radius 1 is 1.29 bits per heavy atom. The summed E-state index contributed by atoms with van der Waals surface area (Å²) in [7, 11) is 2.15. The number of likely N-dealkylation sites (tertiary alicyclic amines) is 1. The van der Waals surface area contributed by atoms with Crippen LogP contribution in [0, 0.1) is 0 Å². The van der Waals surface area contributed by atoms with Gasteiger partial charge >= 0.3 is 0 Å². The number of hydrogen-bond acceptors (Lipinski definition) is 2. The van der Waals surface area contributed by atoms with Gasteiger partial charge in [0.1, 0.15) is 11.9 Å². The Morgan fingerprint density at radius 2 is 2.06 bits per heavy atom. The molecule has 1 fully saturated rings. The monoisotopic (exact) mass is 233 g/mol. The van der Waals surface area contributed by atoms with Gasteiger partial charge < -0.3 is 9.64 Å². The number of rotatable bonds is 2. The maximum atomic E-state index is 6.04. The molecule has 2 nitrogen and oxygen atoms in total. The molecule has 0 aromatic heterocycles. The summed E-state index contributed by atoms with van der Waals surface area (Å²) in [5, 5.41) is 0. The Bertz CT molecular complexity index is 381. The lowest BCUT2D eigenvalue weighted by atomic mass is 9.87. The molecule has 2 heteroatoms. The molecule has 0 radical (unpaired) electrons. The summed E-state index contributed by atoms with van der Waals surface area (Å²) in [5.41, 5.74) is 1.52. The zero-order chi connectivity index (χ0) is 12.5. The third kappa shape index (κ3) is 3.22. The van der Waals surface area contributed by atoms with Crippen LogP contribution < -0.4 is 4.74 Å². The lowest BCUT2D eigenvalue weighted by Gasteiger charge is -2.21.